The number of hydrogen-bond acceptors (Lipinski definition) is 6. The summed E-state index contributed by atoms with van der Waals surface area (Å²) in [5, 5.41) is 16.4. The van der Waals surface area contributed by atoms with Crippen LogP contribution in [0.4, 0.5) is 0 Å². The Hall–Kier alpha value is -0.760. The van der Waals surface area contributed by atoms with Gasteiger partial charge in [-0.05, 0) is 24.4 Å². The molecule has 18 heavy (non-hydrogen) atoms. The molecule has 1 aromatic rings. The zero-order chi connectivity index (χ0) is 13.0. The fraction of sp³-hybridized carbons (Fsp3) is 0.700. The third kappa shape index (κ3) is 3.38. The summed E-state index contributed by atoms with van der Waals surface area (Å²) in [7, 11) is 0. The third-order valence-electron chi connectivity index (χ3n) is 2.76. The summed E-state index contributed by atoms with van der Waals surface area (Å²) in [4.78, 5) is 13.8. The lowest BCUT2D eigenvalue weighted by atomic mass is 10.1. The van der Waals surface area contributed by atoms with Crippen LogP contribution in [-0.4, -0.2) is 58.5 Å². The highest BCUT2D eigenvalue weighted by molar-refractivity contribution is 7.17. The minimum Gasteiger partial charge on any atom is -0.394 e. The zero-order valence-corrected chi connectivity index (χ0v) is 11.3. The molecule has 0 bridgehead atoms. The number of aromatic nitrogens is 2. The lowest BCUT2D eigenvalue weighted by Crippen LogP contribution is -2.41. The van der Waals surface area contributed by atoms with Crippen molar-refractivity contribution in [2.45, 2.75) is 18.9 Å². The molecule has 0 unspecified atom stereocenters. The quantitative estimate of drug-likeness (QED) is 0.888. The number of carbonyl (C=O) groups is 1. The lowest BCUT2D eigenvalue weighted by Gasteiger charge is -2.31. The first-order chi connectivity index (χ1) is 8.70. The van der Waals surface area contributed by atoms with Crippen molar-refractivity contribution in [2.24, 2.45) is 0 Å². The summed E-state index contributed by atoms with van der Waals surface area (Å²) in [5.41, 5.74) is 0. The topological polar surface area (TPSA) is 75.6 Å². The van der Waals surface area contributed by atoms with E-state index in [1.807, 2.05) is 0 Å². The summed E-state index contributed by atoms with van der Waals surface area (Å²) >= 11 is 6.75. The minimum atomic E-state index is -0.125. The zero-order valence-electron chi connectivity index (χ0n) is 9.71. The van der Waals surface area contributed by atoms with Crippen molar-refractivity contribution in [3.63, 3.8) is 0 Å². The molecule has 1 aliphatic rings. The molecule has 1 N–H and O–H groups in total. The monoisotopic (exact) mass is 291 g/mol. The number of hydrogen-bond donors (Lipinski definition) is 1. The van der Waals surface area contributed by atoms with E-state index in [1.54, 1.807) is 4.90 Å². The van der Waals surface area contributed by atoms with Gasteiger partial charge >= 0.3 is 0 Å². The standard InChI is InChI=1S/C10H14ClN3O3S/c11-10-13-12-8(18-10)9(16)14-3-1-7(2-4-14)17-6-5-15/h7,15H,1-6H2. The van der Waals surface area contributed by atoms with Gasteiger partial charge in [-0.2, -0.15) is 0 Å². The second-order valence-corrected chi connectivity index (χ2v) is 5.51. The Balaban J connectivity index is 1.84. The molecule has 0 aliphatic carbocycles. The summed E-state index contributed by atoms with van der Waals surface area (Å²) < 4.78 is 5.71. The van der Waals surface area contributed by atoms with Gasteiger partial charge in [-0.15, -0.1) is 10.2 Å². The van der Waals surface area contributed by atoms with E-state index in [1.165, 1.54) is 0 Å². The van der Waals surface area contributed by atoms with Crippen molar-refractivity contribution in [1.29, 1.82) is 0 Å². The van der Waals surface area contributed by atoms with Crippen molar-refractivity contribution in [3.8, 4) is 0 Å². The molecule has 2 rings (SSSR count). The number of nitrogens with zero attached hydrogens (tertiary/aromatic N) is 3. The van der Waals surface area contributed by atoms with E-state index >= 15 is 0 Å². The van der Waals surface area contributed by atoms with Gasteiger partial charge in [0.1, 0.15) is 0 Å². The average Bonchev–Trinajstić information content (AvgIpc) is 2.83. The van der Waals surface area contributed by atoms with Crippen molar-refractivity contribution in [1.82, 2.24) is 15.1 Å². The Kier molecular flexibility index (Phi) is 4.87. The van der Waals surface area contributed by atoms with Gasteiger partial charge in [-0.1, -0.05) is 11.3 Å². The third-order valence-corrected chi connectivity index (χ3v) is 3.76. The van der Waals surface area contributed by atoms with Gasteiger partial charge in [0.15, 0.2) is 0 Å². The molecular formula is C10H14ClN3O3S. The number of amides is 1. The number of halogens is 1. The van der Waals surface area contributed by atoms with E-state index in [9.17, 15) is 4.79 Å². The van der Waals surface area contributed by atoms with Gasteiger partial charge < -0.3 is 14.7 Å². The first-order valence-corrected chi connectivity index (χ1v) is 6.91. The number of piperidine rings is 1. The van der Waals surface area contributed by atoms with Gasteiger partial charge in [0.2, 0.25) is 9.47 Å². The SMILES string of the molecule is O=C(c1nnc(Cl)s1)N1CCC(OCCO)CC1. The fourth-order valence-corrected chi connectivity index (χ4v) is 2.67. The Morgan fingerprint density at radius 3 is 2.78 bits per heavy atom. The van der Waals surface area contributed by atoms with Crippen LogP contribution in [0.15, 0.2) is 0 Å². The van der Waals surface area contributed by atoms with Gasteiger partial charge in [-0.25, -0.2) is 0 Å². The maximum Gasteiger partial charge on any atom is 0.284 e. The normalized spacial score (nSPS) is 17.1. The number of aliphatic hydroxyl groups excluding tert-OH is 1. The molecule has 0 atom stereocenters. The molecule has 1 saturated heterocycles. The fourth-order valence-electron chi connectivity index (χ4n) is 1.87. The molecule has 1 amide bonds. The number of likely N-dealkylation sites (tertiary alicyclic amines) is 1. The molecule has 0 spiro atoms. The Labute approximate surface area is 114 Å². The van der Waals surface area contributed by atoms with Gasteiger partial charge in [0.05, 0.1) is 19.3 Å². The number of rotatable bonds is 4. The first kappa shape index (κ1) is 13.7. The molecule has 1 aliphatic heterocycles. The van der Waals surface area contributed by atoms with E-state index in [-0.39, 0.29) is 23.1 Å². The second kappa shape index (κ2) is 6.42. The Bertz CT molecular complexity index is 407. The molecule has 0 aromatic carbocycles. The smallest absolute Gasteiger partial charge is 0.284 e. The predicted molar refractivity (Wildman–Crippen MR) is 66.9 cm³/mol. The van der Waals surface area contributed by atoms with Crippen LogP contribution < -0.4 is 0 Å². The van der Waals surface area contributed by atoms with Crippen molar-refractivity contribution in [2.75, 3.05) is 26.3 Å². The maximum atomic E-state index is 12.0. The number of ether oxygens (including phenoxy) is 1. The molecular weight excluding hydrogens is 278 g/mol. The summed E-state index contributed by atoms with van der Waals surface area (Å²) in [6.07, 6.45) is 1.68. The van der Waals surface area contributed by atoms with Gasteiger partial charge in [-0.3, -0.25) is 4.79 Å². The van der Waals surface area contributed by atoms with Crippen molar-refractivity contribution >= 4 is 28.8 Å². The molecule has 2 heterocycles. The van der Waals surface area contributed by atoms with Crippen LogP contribution in [0.5, 0.6) is 0 Å². The Morgan fingerprint density at radius 1 is 1.50 bits per heavy atom. The number of aliphatic hydroxyl groups is 1. The highest BCUT2D eigenvalue weighted by Gasteiger charge is 2.26. The van der Waals surface area contributed by atoms with E-state index in [2.05, 4.69) is 10.2 Å². The van der Waals surface area contributed by atoms with E-state index < -0.39 is 0 Å². The maximum absolute atomic E-state index is 12.0. The molecule has 8 heteroatoms. The molecule has 100 valence electrons. The van der Waals surface area contributed by atoms with E-state index in [4.69, 9.17) is 21.4 Å². The van der Waals surface area contributed by atoms with Gasteiger partial charge in [0, 0.05) is 13.1 Å². The molecule has 0 radical (unpaired) electrons. The van der Waals surface area contributed by atoms with Crippen LogP contribution in [0, 0.1) is 0 Å². The molecule has 0 saturated carbocycles. The van der Waals surface area contributed by atoms with Gasteiger partial charge in [0.25, 0.3) is 5.91 Å². The Morgan fingerprint density at radius 2 is 2.22 bits per heavy atom. The summed E-state index contributed by atoms with van der Waals surface area (Å²) in [5.74, 6) is -0.125. The summed E-state index contributed by atoms with van der Waals surface area (Å²) in [6, 6.07) is 0. The predicted octanol–water partition coefficient (Wildman–Crippen LogP) is 0.805. The van der Waals surface area contributed by atoms with Crippen LogP contribution in [0.1, 0.15) is 22.6 Å². The first-order valence-electron chi connectivity index (χ1n) is 5.71. The van der Waals surface area contributed by atoms with Crippen LogP contribution in [0.2, 0.25) is 4.47 Å². The summed E-state index contributed by atoms with van der Waals surface area (Å²) in [6.45, 7) is 1.64. The molecule has 1 fully saturated rings. The largest absolute Gasteiger partial charge is 0.394 e. The minimum absolute atomic E-state index is 0.0302. The number of carbonyl (C=O) groups excluding carboxylic acids is 1. The van der Waals surface area contributed by atoms with Crippen LogP contribution in [0.25, 0.3) is 0 Å². The lowest BCUT2D eigenvalue weighted by molar-refractivity contribution is -0.00556. The van der Waals surface area contributed by atoms with Crippen LogP contribution in [-0.2, 0) is 4.74 Å². The van der Waals surface area contributed by atoms with Crippen molar-refractivity contribution < 1.29 is 14.6 Å². The van der Waals surface area contributed by atoms with Crippen molar-refractivity contribution in [3.05, 3.63) is 9.47 Å². The molecule has 6 nitrogen and oxygen atoms in total. The van der Waals surface area contributed by atoms with E-state index in [0.29, 0.717) is 24.7 Å². The average molecular weight is 292 g/mol. The molecule has 1 aromatic heterocycles. The van der Waals surface area contributed by atoms with Crippen LogP contribution in [0.3, 0.4) is 0 Å². The van der Waals surface area contributed by atoms with E-state index in [0.717, 1.165) is 24.2 Å². The highest BCUT2D eigenvalue weighted by Crippen LogP contribution is 2.20. The van der Waals surface area contributed by atoms with Crippen LogP contribution >= 0.6 is 22.9 Å². The highest BCUT2D eigenvalue weighted by atomic mass is 35.5. The second-order valence-electron chi connectivity index (χ2n) is 3.95.